The van der Waals surface area contributed by atoms with E-state index < -0.39 is 0 Å². The molecule has 1 aromatic carbocycles. The summed E-state index contributed by atoms with van der Waals surface area (Å²) < 4.78 is 5.17. The molecule has 112 valence electrons. The molecule has 0 fully saturated rings. The van der Waals surface area contributed by atoms with Crippen molar-refractivity contribution in [3.63, 3.8) is 0 Å². The molecule has 1 N–H and O–H groups in total. The average Bonchev–Trinajstić information content (AvgIpc) is 3.05. The molecule has 0 aliphatic heterocycles. The number of ether oxygens (including phenoxy) is 1. The zero-order valence-corrected chi connectivity index (χ0v) is 13.0. The minimum Gasteiger partial charge on any atom is -0.497 e. The summed E-state index contributed by atoms with van der Waals surface area (Å²) in [5, 5.41) is 6.48. The first kappa shape index (κ1) is 14.5. The van der Waals surface area contributed by atoms with E-state index in [1.165, 1.54) is 6.33 Å². The lowest BCUT2D eigenvalue weighted by Gasteiger charge is -2.03. The van der Waals surface area contributed by atoms with Gasteiger partial charge in [-0.15, -0.1) is 11.3 Å². The highest BCUT2D eigenvalue weighted by atomic mass is 32.1. The van der Waals surface area contributed by atoms with E-state index in [-0.39, 0.29) is 0 Å². The third-order valence-electron chi connectivity index (χ3n) is 3.17. The molecule has 0 saturated heterocycles. The van der Waals surface area contributed by atoms with Gasteiger partial charge in [0.15, 0.2) is 0 Å². The summed E-state index contributed by atoms with van der Waals surface area (Å²) in [6.07, 6.45) is 5.91. The number of nitrogens with one attached hydrogen (secondary N) is 1. The maximum Gasteiger partial charge on any atom is 0.118 e. The van der Waals surface area contributed by atoms with Crippen LogP contribution in [0.15, 0.2) is 48.4 Å². The van der Waals surface area contributed by atoms with Crippen molar-refractivity contribution in [2.24, 2.45) is 0 Å². The topological polar surface area (TPSA) is 59.9 Å². The van der Waals surface area contributed by atoms with E-state index in [0.29, 0.717) is 0 Å². The second kappa shape index (κ2) is 7.00. The smallest absolute Gasteiger partial charge is 0.118 e. The first-order chi connectivity index (χ1) is 10.8. The van der Waals surface area contributed by atoms with Crippen LogP contribution in [0.25, 0.3) is 11.3 Å². The Balaban J connectivity index is 1.58. The molecule has 3 aromatic rings. The molecule has 3 rings (SSSR count). The second-order valence-electron chi connectivity index (χ2n) is 4.66. The number of thiazole rings is 1. The van der Waals surface area contributed by atoms with Crippen LogP contribution < -0.4 is 10.1 Å². The molecule has 5 nitrogen and oxygen atoms in total. The van der Waals surface area contributed by atoms with Crippen molar-refractivity contribution in [3.8, 4) is 17.0 Å². The quantitative estimate of drug-likeness (QED) is 0.757. The Morgan fingerprint density at radius 2 is 1.91 bits per heavy atom. The number of benzene rings is 1. The number of anilines is 1. The molecule has 0 saturated carbocycles. The molecule has 0 radical (unpaired) electrons. The standard InChI is InChI=1S/C16H16N4OS/c1-21-14-4-2-12(3-5-14)15-10-22-16(20-15)6-7-19-13-8-17-11-18-9-13/h2-5,8-11,19H,6-7H2,1H3. The molecule has 6 heteroatoms. The minimum absolute atomic E-state index is 0.808. The number of rotatable bonds is 6. The van der Waals surface area contributed by atoms with Gasteiger partial charge in [0.1, 0.15) is 12.1 Å². The van der Waals surface area contributed by atoms with Gasteiger partial charge in [-0.2, -0.15) is 0 Å². The molecule has 0 atom stereocenters. The van der Waals surface area contributed by atoms with E-state index in [4.69, 9.17) is 4.74 Å². The van der Waals surface area contributed by atoms with Crippen molar-refractivity contribution in [1.82, 2.24) is 15.0 Å². The molecule has 0 bridgehead atoms. The van der Waals surface area contributed by atoms with Gasteiger partial charge in [-0.25, -0.2) is 15.0 Å². The average molecular weight is 312 g/mol. The number of nitrogens with zero attached hydrogens (tertiary/aromatic N) is 3. The van der Waals surface area contributed by atoms with Crippen LogP contribution in [-0.2, 0) is 6.42 Å². The Bertz CT molecular complexity index is 713. The molecule has 22 heavy (non-hydrogen) atoms. The lowest BCUT2D eigenvalue weighted by atomic mass is 10.2. The fraction of sp³-hybridized carbons (Fsp3) is 0.188. The van der Waals surface area contributed by atoms with E-state index in [2.05, 4.69) is 25.6 Å². The predicted octanol–water partition coefficient (Wildman–Crippen LogP) is 3.26. The lowest BCUT2D eigenvalue weighted by Crippen LogP contribution is -2.05. The van der Waals surface area contributed by atoms with E-state index in [1.807, 2.05) is 24.3 Å². The summed E-state index contributed by atoms with van der Waals surface area (Å²) in [6, 6.07) is 7.95. The summed E-state index contributed by atoms with van der Waals surface area (Å²) in [6.45, 7) is 0.808. The van der Waals surface area contributed by atoms with Crippen LogP contribution in [0.3, 0.4) is 0 Å². The molecule has 0 unspecified atom stereocenters. The zero-order chi connectivity index (χ0) is 15.2. The number of methoxy groups -OCH3 is 1. The van der Waals surface area contributed by atoms with Gasteiger partial charge < -0.3 is 10.1 Å². The first-order valence-corrected chi connectivity index (χ1v) is 7.81. The second-order valence-corrected chi connectivity index (χ2v) is 5.60. The first-order valence-electron chi connectivity index (χ1n) is 6.93. The van der Waals surface area contributed by atoms with Gasteiger partial charge in [0, 0.05) is 23.9 Å². The molecule has 0 aliphatic rings. The van der Waals surface area contributed by atoms with E-state index in [9.17, 15) is 0 Å². The van der Waals surface area contributed by atoms with Gasteiger partial charge in [0.25, 0.3) is 0 Å². The van der Waals surface area contributed by atoms with E-state index in [0.717, 1.165) is 40.7 Å². The summed E-state index contributed by atoms with van der Waals surface area (Å²) in [4.78, 5) is 12.6. The van der Waals surface area contributed by atoms with Crippen molar-refractivity contribution in [2.75, 3.05) is 19.0 Å². The van der Waals surface area contributed by atoms with Crippen molar-refractivity contribution in [2.45, 2.75) is 6.42 Å². The van der Waals surface area contributed by atoms with Crippen LogP contribution in [0, 0.1) is 0 Å². The molecular formula is C16H16N4OS. The Labute approximate surface area is 133 Å². The minimum atomic E-state index is 0.808. The molecule has 2 aromatic heterocycles. The fourth-order valence-electron chi connectivity index (χ4n) is 2.02. The van der Waals surface area contributed by atoms with Gasteiger partial charge in [0.05, 0.1) is 35.9 Å². The van der Waals surface area contributed by atoms with E-state index >= 15 is 0 Å². The number of hydrogen-bond donors (Lipinski definition) is 1. The van der Waals surface area contributed by atoms with Crippen LogP contribution in [0.1, 0.15) is 5.01 Å². The third kappa shape index (κ3) is 3.59. The molecule has 0 aliphatic carbocycles. The Morgan fingerprint density at radius 3 is 2.64 bits per heavy atom. The highest BCUT2D eigenvalue weighted by Gasteiger charge is 2.05. The summed E-state index contributed by atoms with van der Waals surface area (Å²) >= 11 is 1.68. The van der Waals surface area contributed by atoms with Gasteiger partial charge in [-0.1, -0.05) is 0 Å². The van der Waals surface area contributed by atoms with Crippen molar-refractivity contribution in [1.29, 1.82) is 0 Å². The highest BCUT2D eigenvalue weighted by molar-refractivity contribution is 7.09. The van der Waals surface area contributed by atoms with Crippen LogP contribution >= 0.6 is 11.3 Å². The SMILES string of the molecule is COc1ccc(-c2csc(CCNc3cncnc3)n2)cc1. The van der Waals surface area contributed by atoms with Crippen LogP contribution in [0.2, 0.25) is 0 Å². The van der Waals surface area contributed by atoms with Crippen molar-refractivity contribution in [3.05, 3.63) is 53.4 Å². The van der Waals surface area contributed by atoms with Gasteiger partial charge in [0.2, 0.25) is 0 Å². The van der Waals surface area contributed by atoms with Crippen LogP contribution in [-0.4, -0.2) is 28.6 Å². The Morgan fingerprint density at radius 1 is 1.14 bits per heavy atom. The van der Waals surface area contributed by atoms with Crippen molar-refractivity contribution < 1.29 is 4.74 Å². The monoisotopic (exact) mass is 312 g/mol. The molecule has 0 amide bonds. The van der Waals surface area contributed by atoms with Crippen LogP contribution in [0.4, 0.5) is 5.69 Å². The van der Waals surface area contributed by atoms with Gasteiger partial charge in [-0.3, -0.25) is 0 Å². The van der Waals surface area contributed by atoms with Crippen LogP contribution in [0.5, 0.6) is 5.75 Å². The normalized spacial score (nSPS) is 10.4. The zero-order valence-electron chi connectivity index (χ0n) is 12.2. The van der Waals surface area contributed by atoms with Gasteiger partial charge >= 0.3 is 0 Å². The highest BCUT2D eigenvalue weighted by Crippen LogP contribution is 2.24. The maximum absolute atomic E-state index is 5.17. The summed E-state index contributed by atoms with van der Waals surface area (Å²) in [5.41, 5.74) is 3.04. The predicted molar refractivity (Wildman–Crippen MR) is 88.3 cm³/mol. The Hall–Kier alpha value is -2.47. The third-order valence-corrected chi connectivity index (χ3v) is 4.07. The summed E-state index contributed by atoms with van der Waals surface area (Å²) in [5.74, 6) is 0.855. The summed E-state index contributed by atoms with van der Waals surface area (Å²) in [7, 11) is 1.67. The van der Waals surface area contributed by atoms with Crippen molar-refractivity contribution >= 4 is 17.0 Å². The Kier molecular flexibility index (Phi) is 4.60. The molecule has 0 spiro atoms. The number of hydrogen-bond acceptors (Lipinski definition) is 6. The lowest BCUT2D eigenvalue weighted by molar-refractivity contribution is 0.415. The fourth-order valence-corrected chi connectivity index (χ4v) is 2.83. The molecular weight excluding hydrogens is 296 g/mol. The molecule has 2 heterocycles. The van der Waals surface area contributed by atoms with E-state index in [1.54, 1.807) is 30.8 Å². The number of aromatic nitrogens is 3. The van der Waals surface area contributed by atoms with Gasteiger partial charge in [-0.05, 0) is 24.3 Å². The maximum atomic E-state index is 5.17. The largest absolute Gasteiger partial charge is 0.497 e.